The number of methoxy groups -OCH3 is 1. The van der Waals surface area contributed by atoms with E-state index in [4.69, 9.17) is 9.47 Å². The lowest BCUT2D eigenvalue weighted by molar-refractivity contribution is -0.111. The van der Waals surface area contributed by atoms with Gasteiger partial charge in [-0.15, -0.1) is 11.3 Å². The molecule has 0 fully saturated rings. The van der Waals surface area contributed by atoms with Gasteiger partial charge in [-0.2, -0.15) is 0 Å². The topological polar surface area (TPSA) is 60.5 Å². The molecule has 0 aliphatic carbocycles. The van der Waals surface area contributed by atoms with Crippen LogP contribution in [0.4, 0.5) is 5.13 Å². The van der Waals surface area contributed by atoms with E-state index in [0.717, 1.165) is 34.7 Å². The molecule has 0 bridgehead atoms. The molecular weight excluding hydrogens is 372 g/mol. The first-order valence-corrected chi connectivity index (χ1v) is 9.88. The minimum atomic E-state index is -0.230. The minimum Gasteiger partial charge on any atom is -0.497 e. The number of ether oxygens (including phenoxy) is 2. The largest absolute Gasteiger partial charge is 0.497 e. The molecule has 0 aliphatic rings. The van der Waals surface area contributed by atoms with E-state index in [1.807, 2.05) is 53.9 Å². The van der Waals surface area contributed by atoms with Crippen LogP contribution in [0.1, 0.15) is 18.9 Å². The number of hydrogen-bond acceptors (Lipinski definition) is 5. The molecule has 2 aromatic carbocycles. The lowest BCUT2D eigenvalue weighted by Crippen LogP contribution is -2.07. The second-order valence-electron chi connectivity index (χ2n) is 6.01. The maximum absolute atomic E-state index is 12.2. The summed E-state index contributed by atoms with van der Waals surface area (Å²) in [6.07, 6.45) is 4.19. The van der Waals surface area contributed by atoms with Gasteiger partial charge in [-0.1, -0.05) is 19.1 Å². The van der Waals surface area contributed by atoms with Crippen LogP contribution in [0.15, 0.2) is 60.0 Å². The summed E-state index contributed by atoms with van der Waals surface area (Å²) in [6.45, 7) is 2.78. The highest BCUT2D eigenvalue weighted by molar-refractivity contribution is 7.14. The van der Waals surface area contributed by atoms with Crippen LogP contribution < -0.4 is 14.8 Å². The summed E-state index contributed by atoms with van der Waals surface area (Å²) in [6, 6.07) is 15.3. The van der Waals surface area contributed by atoms with Crippen LogP contribution in [0, 0.1) is 0 Å². The van der Waals surface area contributed by atoms with Crippen molar-refractivity contribution >= 4 is 28.5 Å². The van der Waals surface area contributed by atoms with Crippen molar-refractivity contribution in [1.29, 1.82) is 0 Å². The quantitative estimate of drug-likeness (QED) is 0.530. The Hall–Kier alpha value is -3.12. The molecule has 0 unspecified atom stereocenters. The Balaban J connectivity index is 1.60. The van der Waals surface area contributed by atoms with Crippen LogP contribution in [-0.4, -0.2) is 24.6 Å². The fourth-order valence-electron chi connectivity index (χ4n) is 2.47. The second-order valence-corrected chi connectivity index (χ2v) is 6.87. The molecule has 0 aliphatic heterocycles. The maximum atomic E-state index is 12.2. The monoisotopic (exact) mass is 394 g/mol. The number of thiazole rings is 1. The van der Waals surface area contributed by atoms with Gasteiger partial charge < -0.3 is 9.47 Å². The Labute approximate surface area is 168 Å². The van der Waals surface area contributed by atoms with Crippen LogP contribution in [0.3, 0.4) is 0 Å². The van der Waals surface area contributed by atoms with Gasteiger partial charge in [0.2, 0.25) is 5.91 Å². The van der Waals surface area contributed by atoms with Crippen molar-refractivity contribution in [1.82, 2.24) is 4.98 Å². The SMILES string of the molecule is CCCOc1ccc(-c2csc(NC(=O)/C=C/c3cccc(OC)c3)n2)cc1. The normalized spacial score (nSPS) is 10.8. The fraction of sp³-hybridized carbons (Fsp3) is 0.182. The summed E-state index contributed by atoms with van der Waals surface area (Å²) in [7, 11) is 1.61. The number of carbonyl (C=O) groups is 1. The Morgan fingerprint density at radius 3 is 2.75 bits per heavy atom. The standard InChI is InChI=1S/C22H22N2O3S/c1-3-13-27-18-10-8-17(9-11-18)20-15-28-22(23-20)24-21(25)12-7-16-5-4-6-19(14-16)26-2/h4-12,14-15H,3,13H2,1-2H3,(H,23,24,25)/b12-7+. The number of benzene rings is 2. The summed E-state index contributed by atoms with van der Waals surface area (Å²) in [5.74, 6) is 1.36. The number of aromatic nitrogens is 1. The lowest BCUT2D eigenvalue weighted by atomic mass is 10.2. The lowest BCUT2D eigenvalue weighted by Gasteiger charge is -2.04. The molecule has 0 spiro atoms. The van der Waals surface area contributed by atoms with Gasteiger partial charge in [-0.05, 0) is 54.5 Å². The van der Waals surface area contributed by atoms with Crippen molar-refractivity contribution in [2.75, 3.05) is 19.0 Å². The Morgan fingerprint density at radius 1 is 1.18 bits per heavy atom. The molecule has 1 aromatic heterocycles. The summed E-state index contributed by atoms with van der Waals surface area (Å²) in [5, 5.41) is 5.27. The molecule has 144 valence electrons. The van der Waals surface area contributed by atoms with Gasteiger partial charge >= 0.3 is 0 Å². The number of carbonyl (C=O) groups excluding carboxylic acids is 1. The predicted molar refractivity (Wildman–Crippen MR) is 114 cm³/mol. The van der Waals surface area contributed by atoms with E-state index in [9.17, 15) is 4.79 Å². The zero-order valence-corrected chi connectivity index (χ0v) is 16.7. The summed E-state index contributed by atoms with van der Waals surface area (Å²) < 4.78 is 10.8. The van der Waals surface area contributed by atoms with E-state index in [2.05, 4.69) is 17.2 Å². The minimum absolute atomic E-state index is 0.230. The van der Waals surface area contributed by atoms with Crippen LogP contribution in [-0.2, 0) is 4.79 Å². The van der Waals surface area contributed by atoms with Crippen LogP contribution >= 0.6 is 11.3 Å². The molecule has 0 saturated heterocycles. The molecule has 5 nitrogen and oxygen atoms in total. The van der Waals surface area contributed by atoms with Gasteiger partial charge in [0.1, 0.15) is 11.5 Å². The highest BCUT2D eigenvalue weighted by Crippen LogP contribution is 2.26. The van der Waals surface area contributed by atoms with Gasteiger partial charge in [-0.3, -0.25) is 10.1 Å². The zero-order valence-electron chi connectivity index (χ0n) is 15.8. The van der Waals surface area contributed by atoms with E-state index in [0.29, 0.717) is 11.7 Å². The van der Waals surface area contributed by atoms with Crippen molar-refractivity contribution < 1.29 is 14.3 Å². The molecule has 1 N–H and O–H groups in total. The third-order valence-electron chi connectivity index (χ3n) is 3.88. The van der Waals surface area contributed by atoms with E-state index in [-0.39, 0.29) is 5.91 Å². The van der Waals surface area contributed by atoms with E-state index < -0.39 is 0 Å². The smallest absolute Gasteiger partial charge is 0.250 e. The van der Waals surface area contributed by atoms with Gasteiger partial charge in [0.05, 0.1) is 19.4 Å². The molecule has 28 heavy (non-hydrogen) atoms. The molecular formula is C22H22N2O3S. The first-order chi connectivity index (χ1) is 13.7. The van der Waals surface area contributed by atoms with Crippen molar-refractivity contribution in [3.05, 3.63) is 65.6 Å². The average Bonchev–Trinajstić information content (AvgIpc) is 3.19. The number of amides is 1. The van der Waals surface area contributed by atoms with Crippen LogP contribution in [0.25, 0.3) is 17.3 Å². The molecule has 0 atom stereocenters. The molecule has 3 aromatic rings. The third-order valence-corrected chi connectivity index (χ3v) is 4.64. The maximum Gasteiger partial charge on any atom is 0.250 e. The molecule has 0 radical (unpaired) electrons. The molecule has 1 heterocycles. The molecule has 3 rings (SSSR count). The van der Waals surface area contributed by atoms with Gasteiger partial charge in [0, 0.05) is 17.0 Å². The number of anilines is 1. The average molecular weight is 394 g/mol. The zero-order chi connectivity index (χ0) is 19.8. The molecule has 0 saturated carbocycles. The van der Waals surface area contributed by atoms with E-state index in [1.165, 1.54) is 17.4 Å². The number of rotatable bonds is 8. The number of hydrogen-bond donors (Lipinski definition) is 1. The number of nitrogens with one attached hydrogen (secondary N) is 1. The molecule has 1 amide bonds. The van der Waals surface area contributed by atoms with E-state index >= 15 is 0 Å². The molecule has 6 heteroatoms. The van der Waals surface area contributed by atoms with Gasteiger partial charge in [0.15, 0.2) is 5.13 Å². The Kier molecular flexibility index (Phi) is 6.81. The van der Waals surface area contributed by atoms with Crippen molar-refractivity contribution in [2.24, 2.45) is 0 Å². The van der Waals surface area contributed by atoms with Crippen LogP contribution in [0.5, 0.6) is 11.5 Å². The summed E-state index contributed by atoms with van der Waals surface area (Å²) in [5.41, 5.74) is 2.69. The van der Waals surface area contributed by atoms with Crippen molar-refractivity contribution in [3.8, 4) is 22.8 Å². The Bertz CT molecular complexity index is 948. The third kappa shape index (κ3) is 5.44. The first kappa shape index (κ1) is 19.6. The highest BCUT2D eigenvalue weighted by Gasteiger charge is 2.07. The fourth-order valence-corrected chi connectivity index (χ4v) is 3.19. The van der Waals surface area contributed by atoms with Crippen molar-refractivity contribution in [3.63, 3.8) is 0 Å². The number of nitrogens with zero attached hydrogens (tertiary/aromatic N) is 1. The predicted octanol–water partition coefficient (Wildman–Crippen LogP) is 5.26. The first-order valence-electron chi connectivity index (χ1n) is 9.00. The summed E-state index contributed by atoms with van der Waals surface area (Å²) in [4.78, 5) is 16.6. The summed E-state index contributed by atoms with van der Waals surface area (Å²) >= 11 is 1.39. The van der Waals surface area contributed by atoms with E-state index in [1.54, 1.807) is 13.2 Å². The highest BCUT2D eigenvalue weighted by atomic mass is 32.1. The Morgan fingerprint density at radius 2 is 2.00 bits per heavy atom. The van der Waals surface area contributed by atoms with Gasteiger partial charge in [-0.25, -0.2) is 4.98 Å². The van der Waals surface area contributed by atoms with Crippen molar-refractivity contribution in [2.45, 2.75) is 13.3 Å². The second kappa shape index (κ2) is 9.71. The van der Waals surface area contributed by atoms with Gasteiger partial charge in [0.25, 0.3) is 0 Å². The van der Waals surface area contributed by atoms with Crippen LogP contribution in [0.2, 0.25) is 0 Å².